The predicted molar refractivity (Wildman–Crippen MR) is 74.9 cm³/mol. The van der Waals surface area contributed by atoms with Crippen molar-refractivity contribution in [1.82, 2.24) is 9.97 Å². The molecular weight excluding hydrogens is 240 g/mol. The Morgan fingerprint density at radius 3 is 2.95 bits per heavy atom. The van der Waals surface area contributed by atoms with Gasteiger partial charge < -0.3 is 16.0 Å². The average Bonchev–Trinajstić information content (AvgIpc) is 2.85. The van der Waals surface area contributed by atoms with Gasteiger partial charge in [0.1, 0.15) is 5.69 Å². The minimum atomic E-state index is -0.222. The van der Waals surface area contributed by atoms with E-state index in [0.717, 1.165) is 16.6 Å². The van der Waals surface area contributed by atoms with Crippen molar-refractivity contribution < 1.29 is 4.79 Å². The second kappa shape index (κ2) is 4.45. The van der Waals surface area contributed by atoms with Crippen molar-refractivity contribution in [1.29, 1.82) is 0 Å². The highest BCUT2D eigenvalue weighted by Crippen LogP contribution is 2.17. The molecule has 3 rings (SSSR count). The van der Waals surface area contributed by atoms with Gasteiger partial charge in [0.2, 0.25) is 0 Å². The van der Waals surface area contributed by atoms with E-state index in [2.05, 4.69) is 15.3 Å². The van der Waals surface area contributed by atoms with E-state index in [0.29, 0.717) is 11.4 Å². The third-order valence-electron chi connectivity index (χ3n) is 2.81. The first kappa shape index (κ1) is 11.3. The van der Waals surface area contributed by atoms with E-state index in [9.17, 15) is 4.79 Å². The van der Waals surface area contributed by atoms with Gasteiger partial charge in [-0.15, -0.1) is 0 Å². The van der Waals surface area contributed by atoms with Crippen molar-refractivity contribution in [2.24, 2.45) is 0 Å². The molecule has 0 saturated carbocycles. The summed E-state index contributed by atoms with van der Waals surface area (Å²) in [6.45, 7) is 0. The zero-order valence-electron chi connectivity index (χ0n) is 10.1. The van der Waals surface area contributed by atoms with Crippen LogP contribution in [0.4, 0.5) is 11.4 Å². The highest BCUT2D eigenvalue weighted by Gasteiger charge is 2.08. The number of hydrogen-bond donors (Lipinski definition) is 3. The van der Waals surface area contributed by atoms with E-state index in [1.165, 1.54) is 0 Å². The molecular formula is C14H12N4O. The van der Waals surface area contributed by atoms with Crippen LogP contribution in [0.2, 0.25) is 0 Å². The number of amides is 1. The number of nitrogens with zero attached hydrogens (tertiary/aromatic N) is 1. The second-order valence-corrected chi connectivity index (χ2v) is 4.21. The van der Waals surface area contributed by atoms with Gasteiger partial charge in [-0.05, 0) is 30.3 Å². The van der Waals surface area contributed by atoms with Gasteiger partial charge in [0.15, 0.2) is 0 Å². The van der Waals surface area contributed by atoms with Crippen molar-refractivity contribution in [3.05, 3.63) is 54.5 Å². The van der Waals surface area contributed by atoms with Gasteiger partial charge in [0.25, 0.3) is 5.91 Å². The highest BCUT2D eigenvalue weighted by molar-refractivity contribution is 6.04. The van der Waals surface area contributed by atoms with Crippen LogP contribution in [-0.2, 0) is 0 Å². The number of nitrogen functional groups attached to an aromatic ring is 1. The zero-order valence-corrected chi connectivity index (χ0v) is 10.1. The Bertz CT molecular complexity index is 748. The first-order valence-electron chi connectivity index (χ1n) is 5.82. The summed E-state index contributed by atoms with van der Waals surface area (Å²) in [5.74, 6) is -0.222. The number of benzene rings is 1. The van der Waals surface area contributed by atoms with Gasteiger partial charge in [-0.25, -0.2) is 0 Å². The van der Waals surface area contributed by atoms with Gasteiger partial charge in [0, 0.05) is 29.2 Å². The van der Waals surface area contributed by atoms with Crippen LogP contribution in [0, 0.1) is 0 Å². The number of hydrogen-bond acceptors (Lipinski definition) is 3. The van der Waals surface area contributed by atoms with E-state index in [1.54, 1.807) is 18.5 Å². The van der Waals surface area contributed by atoms with E-state index < -0.39 is 0 Å². The van der Waals surface area contributed by atoms with Crippen molar-refractivity contribution in [3.8, 4) is 0 Å². The summed E-state index contributed by atoms with van der Waals surface area (Å²) >= 11 is 0. The standard InChI is InChI=1S/C14H12N4O/c15-10-7-13(17-8-10)14(19)18-11-3-4-12-9(6-11)2-1-5-16-12/h1-8,17H,15H2,(H,18,19). The minimum absolute atomic E-state index is 0.222. The molecule has 4 N–H and O–H groups in total. The Morgan fingerprint density at radius 1 is 1.26 bits per heavy atom. The summed E-state index contributed by atoms with van der Waals surface area (Å²) in [6.07, 6.45) is 3.32. The van der Waals surface area contributed by atoms with Gasteiger partial charge in [-0.3, -0.25) is 9.78 Å². The van der Waals surface area contributed by atoms with Crippen LogP contribution in [0.3, 0.4) is 0 Å². The molecule has 2 heterocycles. The maximum Gasteiger partial charge on any atom is 0.272 e. The third kappa shape index (κ3) is 2.26. The van der Waals surface area contributed by atoms with Crippen LogP contribution in [0.1, 0.15) is 10.5 Å². The topological polar surface area (TPSA) is 83.8 Å². The normalized spacial score (nSPS) is 10.5. The molecule has 0 fully saturated rings. The van der Waals surface area contributed by atoms with Crippen LogP contribution in [0.25, 0.3) is 10.9 Å². The number of aromatic amines is 1. The predicted octanol–water partition coefficient (Wildman–Crippen LogP) is 2.40. The summed E-state index contributed by atoms with van der Waals surface area (Å²) in [6, 6.07) is 11.0. The van der Waals surface area contributed by atoms with Crippen molar-refractivity contribution in [2.75, 3.05) is 11.1 Å². The van der Waals surface area contributed by atoms with Crippen molar-refractivity contribution >= 4 is 28.2 Å². The van der Waals surface area contributed by atoms with Crippen LogP contribution < -0.4 is 11.1 Å². The molecule has 0 aliphatic rings. The van der Waals surface area contributed by atoms with Crippen LogP contribution in [0.15, 0.2) is 48.8 Å². The number of anilines is 2. The molecule has 0 bridgehead atoms. The quantitative estimate of drug-likeness (QED) is 0.654. The molecule has 0 unspecified atom stereocenters. The molecule has 0 atom stereocenters. The third-order valence-corrected chi connectivity index (χ3v) is 2.81. The molecule has 2 aromatic heterocycles. The summed E-state index contributed by atoms with van der Waals surface area (Å²) in [4.78, 5) is 19.0. The number of rotatable bonds is 2. The summed E-state index contributed by atoms with van der Waals surface area (Å²) in [7, 11) is 0. The Kier molecular flexibility index (Phi) is 2.64. The van der Waals surface area contributed by atoms with E-state index >= 15 is 0 Å². The summed E-state index contributed by atoms with van der Waals surface area (Å²) < 4.78 is 0. The minimum Gasteiger partial charge on any atom is -0.397 e. The highest BCUT2D eigenvalue weighted by atomic mass is 16.1. The molecule has 0 spiro atoms. The number of H-pyrrole nitrogens is 1. The fraction of sp³-hybridized carbons (Fsp3) is 0. The van der Waals surface area contributed by atoms with E-state index in [1.807, 2.05) is 30.3 Å². The molecule has 5 heteroatoms. The molecule has 3 aromatic rings. The number of aromatic nitrogens is 2. The number of pyridine rings is 1. The molecule has 19 heavy (non-hydrogen) atoms. The monoisotopic (exact) mass is 252 g/mol. The van der Waals surface area contributed by atoms with Crippen molar-refractivity contribution in [3.63, 3.8) is 0 Å². The van der Waals surface area contributed by atoms with Gasteiger partial charge in [-0.2, -0.15) is 0 Å². The molecule has 0 aliphatic carbocycles. The molecule has 0 aliphatic heterocycles. The van der Waals surface area contributed by atoms with Crippen LogP contribution in [0.5, 0.6) is 0 Å². The lowest BCUT2D eigenvalue weighted by Gasteiger charge is -2.05. The number of nitrogens with one attached hydrogen (secondary N) is 2. The lowest BCUT2D eigenvalue weighted by atomic mass is 10.2. The maximum atomic E-state index is 11.9. The first-order chi connectivity index (χ1) is 9.22. The second-order valence-electron chi connectivity index (χ2n) is 4.21. The molecule has 0 saturated heterocycles. The number of fused-ring (bicyclic) bond motifs is 1. The van der Waals surface area contributed by atoms with E-state index in [4.69, 9.17) is 5.73 Å². The number of carbonyl (C=O) groups excluding carboxylic acids is 1. The number of carbonyl (C=O) groups is 1. The molecule has 5 nitrogen and oxygen atoms in total. The Balaban J connectivity index is 1.87. The largest absolute Gasteiger partial charge is 0.397 e. The molecule has 1 amide bonds. The number of nitrogens with two attached hydrogens (primary N) is 1. The Hall–Kier alpha value is -2.82. The Labute approximate surface area is 109 Å². The SMILES string of the molecule is Nc1c[nH]c(C(=O)Nc2ccc3ncccc3c2)c1. The fourth-order valence-corrected chi connectivity index (χ4v) is 1.89. The van der Waals surface area contributed by atoms with Gasteiger partial charge in [-0.1, -0.05) is 6.07 Å². The maximum absolute atomic E-state index is 11.9. The summed E-state index contributed by atoms with van der Waals surface area (Å²) in [5.41, 5.74) is 8.15. The molecule has 0 radical (unpaired) electrons. The fourth-order valence-electron chi connectivity index (χ4n) is 1.89. The van der Waals surface area contributed by atoms with Crippen LogP contribution >= 0.6 is 0 Å². The van der Waals surface area contributed by atoms with Gasteiger partial charge in [0.05, 0.1) is 5.52 Å². The van der Waals surface area contributed by atoms with Crippen LogP contribution in [-0.4, -0.2) is 15.9 Å². The zero-order chi connectivity index (χ0) is 13.2. The smallest absolute Gasteiger partial charge is 0.272 e. The van der Waals surface area contributed by atoms with Crippen molar-refractivity contribution in [2.45, 2.75) is 0 Å². The molecule has 94 valence electrons. The lowest BCUT2D eigenvalue weighted by molar-refractivity contribution is 0.102. The van der Waals surface area contributed by atoms with Gasteiger partial charge >= 0.3 is 0 Å². The first-order valence-corrected chi connectivity index (χ1v) is 5.82. The Morgan fingerprint density at radius 2 is 2.16 bits per heavy atom. The lowest BCUT2D eigenvalue weighted by Crippen LogP contribution is -2.12. The summed E-state index contributed by atoms with van der Waals surface area (Å²) in [5, 5.41) is 3.79. The average molecular weight is 252 g/mol. The van der Waals surface area contributed by atoms with E-state index in [-0.39, 0.29) is 5.91 Å². The molecule has 1 aromatic carbocycles.